The van der Waals surface area contributed by atoms with Gasteiger partial charge in [0, 0.05) is 6.04 Å². The van der Waals surface area contributed by atoms with E-state index in [1.807, 2.05) is 0 Å². The molecule has 0 aromatic carbocycles. The van der Waals surface area contributed by atoms with Crippen molar-refractivity contribution in [3.63, 3.8) is 0 Å². The Hall–Kier alpha value is -0.0400. The zero-order valence-electron chi connectivity index (χ0n) is 15.1. The molecule has 0 spiro atoms. The van der Waals surface area contributed by atoms with Crippen LogP contribution in [0.25, 0.3) is 0 Å². The van der Waals surface area contributed by atoms with Crippen LogP contribution >= 0.6 is 0 Å². The minimum Gasteiger partial charge on any atom is -0.313 e. The van der Waals surface area contributed by atoms with E-state index in [9.17, 15) is 0 Å². The molecule has 2 aliphatic carbocycles. The molecule has 1 nitrogen and oxygen atoms in total. The van der Waals surface area contributed by atoms with Crippen molar-refractivity contribution in [1.82, 2.24) is 5.32 Å². The lowest BCUT2D eigenvalue weighted by Crippen LogP contribution is -2.50. The van der Waals surface area contributed by atoms with Crippen LogP contribution in [0.5, 0.6) is 0 Å². The largest absolute Gasteiger partial charge is 0.313 e. The zero-order valence-corrected chi connectivity index (χ0v) is 15.1. The lowest BCUT2D eigenvalue weighted by atomic mass is 9.64. The second kappa shape index (κ2) is 7.99. The summed E-state index contributed by atoms with van der Waals surface area (Å²) < 4.78 is 0. The topological polar surface area (TPSA) is 12.0 Å². The second-order valence-electron chi connectivity index (χ2n) is 8.40. The average molecular weight is 294 g/mol. The first kappa shape index (κ1) is 17.3. The molecule has 2 aliphatic rings. The van der Waals surface area contributed by atoms with Crippen LogP contribution in [0.4, 0.5) is 0 Å². The van der Waals surface area contributed by atoms with Gasteiger partial charge in [0.1, 0.15) is 0 Å². The third-order valence-electron chi connectivity index (χ3n) is 6.37. The van der Waals surface area contributed by atoms with E-state index >= 15 is 0 Å². The van der Waals surface area contributed by atoms with Crippen LogP contribution in [-0.2, 0) is 0 Å². The van der Waals surface area contributed by atoms with Crippen molar-refractivity contribution in [2.24, 2.45) is 23.2 Å². The first-order valence-electron chi connectivity index (χ1n) is 9.84. The van der Waals surface area contributed by atoms with E-state index in [0.29, 0.717) is 5.41 Å². The Bertz CT molecular complexity index is 290. The summed E-state index contributed by atoms with van der Waals surface area (Å²) >= 11 is 0. The van der Waals surface area contributed by atoms with E-state index in [1.165, 1.54) is 64.2 Å². The standard InChI is InChI=1S/C20H39N/c1-5-17-10-9-11-18(14-17)19(21-6-2)20(15-16(3)4)12-7-8-13-20/h16-19,21H,5-15H2,1-4H3. The van der Waals surface area contributed by atoms with Crippen LogP contribution < -0.4 is 5.32 Å². The Morgan fingerprint density at radius 1 is 1.05 bits per heavy atom. The highest BCUT2D eigenvalue weighted by molar-refractivity contribution is 4.99. The maximum absolute atomic E-state index is 3.99. The molecule has 1 N–H and O–H groups in total. The van der Waals surface area contributed by atoms with Gasteiger partial charge in [-0.1, -0.05) is 59.8 Å². The van der Waals surface area contributed by atoms with Crippen molar-refractivity contribution in [1.29, 1.82) is 0 Å². The van der Waals surface area contributed by atoms with Gasteiger partial charge in [-0.05, 0) is 61.8 Å². The highest BCUT2D eigenvalue weighted by Crippen LogP contribution is 2.50. The maximum atomic E-state index is 3.99. The van der Waals surface area contributed by atoms with Crippen molar-refractivity contribution < 1.29 is 0 Å². The van der Waals surface area contributed by atoms with Crippen molar-refractivity contribution in [3.8, 4) is 0 Å². The molecule has 1 heteroatoms. The summed E-state index contributed by atoms with van der Waals surface area (Å²) in [5, 5.41) is 3.99. The maximum Gasteiger partial charge on any atom is 0.0152 e. The molecule has 2 rings (SSSR count). The monoisotopic (exact) mass is 293 g/mol. The van der Waals surface area contributed by atoms with Gasteiger partial charge in [0.2, 0.25) is 0 Å². The number of hydrogen-bond donors (Lipinski definition) is 1. The summed E-state index contributed by atoms with van der Waals surface area (Å²) in [7, 11) is 0. The minimum absolute atomic E-state index is 0.616. The van der Waals surface area contributed by atoms with Gasteiger partial charge in [0.15, 0.2) is 0 Å². The summed E-state index contributed by atoms with van der Waals surface area (Å²) in [5.74, 6) is 2.79. The van der Waals surface area contributed by atoms with Gasteiger partial charge in [-0.2, -0.15) is 0 Å². The van der Waals surface area contributed by atoms with E-state index in [4.69, 9.17) is 0 Å². The molecule has 21 heavy (non-hydrogen) atoms. The Kier molecular flexibility index (Phi) is 6.59. The van der Waals surface area contributed by atoms with Crippen molar-refractivity contribution in [3.05, 3.63) is 0 Å². The predicted octanol–water partition coefficient (Wildman–Crippen LogP) is 5.79. The van der Waals surface area contributed by atoms with E-state index in [1.54, 1.807) is 0 Å². The fraction of sp³-hybridized carbons (Fsp3) is 1.00. The lowest BCUT2D eigenvalue weighted by molar-refractivity contribution is 0.0784. The van der Waals surface area contributed by atoms with Gasteiger partial charge in [0.05, 0.1) is 0 Å². The van der Waals surface area contributed by atoms with Gasteiger partial charge in [-0.25, -0.2) is 0 Å². The van der Waals surface area contributed by atoms with Crippen molar-refractivity contribution in [2.75, 3.05) is 6.54 Å². The van der Waals surface area contributed by atoms with Crippen LogP contribution in [0.15, 0.2) is 0 Å². The van der Waals surface area contributed by atoms with Crippen molar-refractivity contribution in [2.45, 2.75) is 97.9 Å². The first-order valence-corrected chi connectivity index (χ1v) is 9.84. The molecular formula is C20H39N. The van der Waals surface area contributed by atoms with Gasteiger partial charge < -0.3 is 5.32 Å². The van der Waals surface area contributed by atoms with Gasteiger partial charge in [0.25, 0.3) is 0 Å². The zero-order chi connectivity index (χ0) is 15.3. The second-order valence-corrected chi connectivity index (χ2v) is 8.40. The third kappa shape index (κ3) is 4.24. The summed E-state index contributed by atoms with van der Waals surface area (Å²) in [6.45, 7) is 10.7. The van der Waals surface area contributed by atoms with Crippen LogP contribution in [0, 0.1) is 23.2 Å². The highest BCUT2D eigenvalue weighted by Gasteiger charge is 2.45. The van der Waals surface area contributed by atoms with E-state index in [-0.39, 0.29) is 0 Å². The molecule has 0 aromatic rings. The average Bonchev–Trinajstić information content (AvgIpc) is 2.93. The molecule has 0 saturated heterocycles. The molecule has 2 fully saturated rings. The molecule has 0 bridgehead atoms. The Balaban J connectivity index is 2.14. The molecule has 124 valence electrons. The van der Waals surface area contributed by atoms with Gasteiger partial charge in [-0.15, -0.1) is 0 Å². The molecule has 0 amide bonds. The molecule has 0 radical (unpaired) electrons. The van der Waals surface area contributed by atoms with E-state index < -0.39 is 0 Å². The summed E-state index contributed by atoms with van der Waals surface area (Å²) in [6, 6.07) is 0.793. The number of rotatable bonds is 7. The SMILES string of the molecule is CCNC(C1CCCC(CC)C1)C1(CC(C)C)CCCC1. The molecule has 0 aliphatic heterocycles. The van der Waals surface area contributed by atoms with Crippen LogP contribution in [0.1, 0.15) is 91.9 Å². The Morgan fingerprint density at radius 3 is 2.33 bits per heavy atom. The molecule has 3 atom stereocenters. The molecule has 0 aromatic heterocycles. The first-order chi connectivity index (χ1) is 10.1. The van der Waals surface area contributed by atoms with Gasteiger partial charge >= 0.3 is 0 Å². The lowest BCUT2D eigenvalue weighted by Gasteiger charge is -2.46. The molecular weight excluding hydrogens is 254 g/mol. The fourth-order valence-electron chi connectivity index (χ4n) is 5.64. The van der Waals surface area contributed by atoms with Gasteiger partial charge in [-0.3, -0.25) is 0 Å². The Labute approximate surface area is 133 Å². The number of nitrogens with one attached hydrogen (secondary N) is 1. The molecule has 3 unspecified atom stereocenters. The summed E-state index contributed by atoms with van der Waals surface area (Å²) in [5.41, 5.74) is 0.616. The fourth-order valence-corrected chi connectivity index (χ4v) is 5.64. The molecule has 0 heterocycles. The van der Waals surface area contributed by atoms with E-state index in [0.717, 1.165) is 30.3 Å². The smallest absolute Gasteiger partial charge is 0.0152 e. The quantitative estimate of drug-likeness (QED) is 0.626. The molecule has 2 saturated carbocycles. The third-order valence-corrected chi connectivity index (χ3v) is 6.37. The normalized spacial score (nSPS) is 30.7. The van der Waals surface area contributed by atoms with E-state index in [2.05, 4.69) is 33.0 Å². The van der Waals surface area contributed by atoms with Crippen LogP contribution in [-0.4, -0.2) is 12.6 Å². The van der Waals surface area contributed by atoms with Crippen LogP contribution in [0.3, 0.4) is 0 Å². The van der Waals surface area contributed by atoms with Crippen LogP contribution in [0.2, 0.25) is 0 Å². The summed E-state index contributed by atoms with van der Waals surface area (Å²) in [4.78, 5) is 0. The highest BCUT2D eigenvalue weighted by atomic mass is 14.9. The number of hydrogen-bond acceptors (Lipinski definition) is 1. The van der Waals surface area contributed by atoms with Crippen molar-refractivity contribution >= 4 is 0 Å². The Morgan fingerprint density at radius 2 is 1.76 bits per heavy atom. The summed E-state index contributed by atoms with van der Waals surface area (Å²) in [6.07, 6.45) is 14.7. The predicted molar refractivity (Wildman–Crippen MR) is 93.6 cm³/mol. The minimum atomic E-state index is 0.616.